The van der Waals surface area contributed by atoms with Crippen LogP contribution in [-0.2, 0) is 6.54 Å². The zero-order valence-corrected chi connectivity index (χ0v) is 11.4. The van der Waals surface area contributed by atoms with Crippen molar-refractivity contribution < 1.29 is 0 Å². The SMILES string of the molecule is NC(=S)C1CCN(Cc2ccc(Cl)s2)CC1. The Bertz CT molecular complexity index is 370. The van der Waals surface area contributed by atoms with Gasteiger partial charge in [0, 0.05) is 17.3 Å². The number of thiophene rings is 1. The third-order valence-electron chi connectivity index (χ3n) is 3.00. The second-order valence-electron chi connectivity index (χ2n) is 4.16. The summed E-state index contributed by atoms with van der Waals surface area (Å²) in [6, 6.07) is 4.07. The van der Waals surface area contributed by atoms with E-state index in [9.17, 15) is 0 Å². The summed E-state index contributed by atoms with van der Waals surface area (Å²) >= 11 is 12.6. The fraction of sp³-hybridized carbons (Fsp3) is 0.545. The molecule has 0 unspecified atom stereocenters. The number of hydrogen-bond acceptors (Lipinski definition) is 3. The highest BCUT2D eigenvalue weighted by atomic mass is 35.5. The van der Waals surface area contributed by atoms with Crippen molar-refractivity contribution >= 4 is 40.1 Å². The van der Waals surface area contributed by atoms with Gasteiger partial charge < -0.3 is 5.73 Å². The second-order valence-corrected chi connectivity index (χ2v) is 6.43. The highest BCUT2D eigenvalue weighted by molar-refractivity contribution is 7.80. The molecule has 1 aliphatic rings. The number of rotatable bonds is 3. The summed E-state index contributed by atoms with van der Waals surface area (Å²) in [5, 5.41) is 0. The molecule has 0 amide bonds. The second kappa shape index (κ2) is 5.45. The highest BCUT2D eigenvalue weighted by Crippen LogP contribution is 2.25. The van der Waals surface area contributed by atoms with Gasteiger partial charge in [0.2, 0.25) is 0 Å². The molecule has 0 spiro atoms. The van der Waals surface area contributed by atoms with E-state index >= 15 is 0 Å². The molecule has 0 radical (unpaired) electrons. The minimum atomic E-state index is 0.443. The molecule has 1 saturated heterocycles. The summed E-state index contributed by atoms with van der Waals surface area (Å²) in [6.45, 7) is 3.16. The first-order valence-electron chi connectivity index (χ1n) is 5.41. The number of nitrogens with zero attached hydrogens (tertiary/aromatic N) is 1. The van der Waals surface area contributed by atoms with Gasteiger partial charge in [0.1, 0.15) is 0 Å². The van der Waals surface area contributed by atoms with Gasteiger partial charge in [-0.25, -0.2) is 0 Å². The number of hydrogen-bond donors (Lipinski definition) is 1. The van der Waals surface area contributed by atoms with Gasteiger partial charge in [-0.1, -0.05) is 23.8 Å². The topological polar surface area (TPSA) is 29.3 Å². The maximum absolute atomic E-state index is 5.91. The van der Waals surface area contributed by atoms with E-state index in [1.54, 1.807) is 11.3 Å². The third-order valence-corrected chi connectivity index (χ3v) is 4.55. The van der Waals surface area contributed by atoms with Crippen molar-refractivity contribution in [1.82, 2.24) is 4.90 Å². The predicted molar refractivity (Wildman–Crippen MR) is 74.1 cm³/mol. The Balaban J connectivity index is 1.83. The zero-order chi connectivity index (χ0) is 11.5. The molecule has 1 aromatic heterocycles. The Hall–Kier alpha value is -0.160. The van der Waals surface area contributed by atoms with Crippen LogP contribution in [0.2, 0.25) is 4.34 Å². The van der Waals surface area contributed by atoms with Gasteiger partial charge in [0.05, 0.1) is 9.32 Å². The van der Waals surface area contributed by atoms with E-state index < -0.39 is 0 Å². The lowest BCUT2D eigenvalue weighted by molar-refractivity contribution is 0.204. The van der Waals surface area contributed by atoms with Crippen LogP contribution in [0.4, 0.5) is 0 Å². The van der Waals surface area contributed by atoms with Crippen molar-refractivity contribution in [1.29, 1.82) is 0 Å². The van der Waals surface area contributed by atoms with Crippen LogP contribution in [0.5, 0.6) is 0 Å². The van der Waals surface area contributed by atoms with Crippen molar-refractivity contribution in [3.05, 3.63) is 21.3 Å². The van der Waals surface area contributed by atoms with Crippen LogP contribution < -0.4 is 5.73 Å². The molecule has 0 atom stereocenters. The average Bonchev–Trinajstić information content (AvgIpc) is 2.65. The monoisotopic (exact) mass is 274 g/mol. The quantitative estimate of drug-likeness (QED) is 0.860. The Labute approximate surface area is 110 Å². The van der Waals surface area contributed by atoms with Crippen molar-refractivity contribution in [2.45, 2.75) is 19.4 Å². The normalized spacial score (nSPS) is 18.8. The lowest BCUT2D eigenvalue weighted by Crippen LogP contribution is -2.37. The molecular weight excluding hydrogens is 260 g/mol. The van der Waals surface area contributed by atoms with Crippen molar-refractivity contribution in [3.8, 4) is 0 Å². The molecule has 0 saturated carbocycles. The van der Waals surface area contributed by atoms with E-state index in [1.165, 1.54) is 4.88 Å². The van der Waals surface area contributed by atoms with E-state index in [1.807, 2.05) is 6.07 Å². The Morgan fingerprint density at radius 2 is 2.19 bits per heavy atom. The van der Waals surface area contributed by atoms with Crippen molar-refractivity contribution in [2.75, 3.05) is 13.1 Å². The van der Waals surface area contributed by atoms with Gasteiger partial charge in [0.15, 0.2) is 0 Å². The van der Waals surface area contributed by atoms with Crippen molar-refractivity contribution in [2.24, 2.45) is 11.7 Å². The van der Waals surface area contributed by atoms with Gasteiger partial charge in [-0.05, 0) is 38.1 Å². The van der Waals surface area contributed by atoms with E-state index in [4.69, 9.17) is 29.6 Å². The molecular formula is C11H15ClN2S2. The molecule has 1 fully saturated rings. The minimum Gasteiger partial charge on any atom is -0.393 e. The molecule has 2 nitrogen and oxygen atoms in total. The maximum Gasteiger partial charge on any atom is 0.0931 e. The molecule has 0 bridgehead atoms. The number of piperidine rings is 1. The van der Waals surface area contributed by atoms with Crippen LogP contribution >= 0.6 is 35.2 Å². The zero-order valence-electron chi connectivity index (χ0n) is 8.99. The Morgan fingerprint density at radius 3 is 2.69 bits per heavy atom. The fourth-order valence-corrected chi connectivity index (χ4v) is 3.40. The van der Waals surface area contributed by atoms with Gasteiger partial charge in [-0.15, -0.1) is 11.3 Å². The van der Waals surface area contributed by atoms with Crippen LogP contribution in [0.1, 0.15) is 17.7 Å². The van der Waals surface area contributed by atoms with Crippen LogP contribution in [0.15, 0.2) is 12.1 Å². The molecule has 2 rings (SSSR count). The Morgan fingerprint density at radius 1 is 1.50 bits per heavy atom. The largest absolute Gasteiger partial charge is 0.393 e. The number of likely N-dealkylation sites (tertiary alicyclic amines) is 1. The first-order valence-corrected chi connectivity index (χ1v) is 7.01. The van der Waals surface area contributed by atoms with Gasteiger partial charge >= 0.3 is 0 Å². The summed E-state index contributed by atoms with van der Waals surface area (Å²) in [4.78, 5) is 4.45. The van der Waals surface area contributed by atoms with E-state index in [0.717, 1.165) is 36.8 Å². The summed E-state index contributed by atoms with van der Waals surface area (Å²) in [6.07, 6.45) is 2.18. The summed E-state index contributed by atoms with van der Waals surface area (Å²) < 4.78 is 0.869. The van der Waals surface area contributed by atoms with E-state index in [0.29, 0.717) is 10.9 Å². The summed E-state index contributed by atoms with van der Waals surface area (Å²) in [5.74, 6) is 0.443. The molecule has 2 heterocycles. The molecule has 5 heteroatoms. The van der Waals surface area contributed by atoms with Gasteiger partial charge in [-0.2, -0.15) is 0 Å². The fourth-order valence-electron chi connectivity index (χ4n) is 2.03. The maximum atomic E-state index is 5.91. The van der Waals surface area contributed by atoms with Gasteiger partial charge in [0.25, 0.3) is 0 Å². The number of halogens is 1. The predicted octanol–water partition coefficient (Wildman–Crippen LogP) is 2.90. The van der Waals surface area contributed by atoms with Crippen LogP contribution in [0, 0.1) is 5.92 Å². The summed E-state index contributed by atoms with van der Waals surface area (Å²) in [5.41, 5.74) is 5.67. The Kier molecular flexibility index (Phi) is 4.19. The van der Waals surface area contributed by atoms with Crippen LogP contribution in [0.25, 0.3) is 0 Å². The van der Waals surface area contributed by atoms with E-state index in [2.05, 4.69) is 11.0 Å². The van der Waals surface area contributed by atoms with Crippen molar-refractivity contribution in [3.63, 3.8) is 0 Å². The third kappa shape index (κ3) is 3.17. The molecule has 1 aromatic rings. The molecule has 0 aliphatic carbocycles. The van der Waals surface area contributed by atoms with Crippen LogP contribution in [-0.4, -0.2) is 23.0 Å². The summed E-state index contributed by atoms with van der Waals surface area (Å²) in [7, 11) is 0. The molecule has 88 valence electrons. The molecule has 1 aliphatic heterocycles. The standard InChI is InChI=1S/C11H15ClN2S2/c12-10-2-1-9(16-10)7-14-5-3-8(4-6-14)11(13)15/h1-2,8H,3-7H2,(H2,13,15). The number of nitrogens with two attached hydrogens (primary N) is 1. The molecule has 0 aromatic carbocycles. The molecule has 2 N–H and O–H groups in total. The minimum absolute atomic E-state index is 0.443. The number of thiocarbonyl (C=S) groups is 1. The highest BCUT2D eigenvalue weighted by Gasteiger charge is 2.21. The molecule has 16 heavy (non-hydrogen) atoms. The average molecular weight is 275 g/mol. The van der Waals surface area contributed by atoms with Crippen LogP contribution in [0.3, 0.4) is 0 Å². The van der Waals surface area contributed by atoms with Gasteiger partial charge in [-0.3, -0.25) is 4.90 Å². The lowest BCUT2D eigenvalue weighted by Gasteiger charge is -2.30. The van der Waals surface area contributed by atoms with E-state index in [-0.39, 0.29) is 0 Å². The smallest absolute Gasteiger partial charge is 0.0931 e. The lowest BCUT2D eigenvalue weighted by atomic mass is 9.97. The first kappa shape index (κ1) is 12.3. The first-order chi connectivity index (χ1) is 7.65.